The second kappa shape index (κ2) is 11.9. The number of benzene rings is 3. The number of phenols is 3. The van der Waals surface area contributed by atoms with Gasteiger partial charge in [0.05, 0.1) is 0 Å². The molecule has 0 amide bonds. The summed E-state index contributed by atoms with van der Waals surface area (Å²) in [6, 6.07) is 15.6. The van der Waals surface area contributed by atoms with Gasteiger partial charge >= 0.3 is 5.97 Å². The highest BCUT2D eigenvalue weighted by Gasteiger charge is 2.45. The predicted molar refractivity (Wildman–Crippen MR) is 147 cm³/mol. The van der Waals surface area contributed by atoms with Gasteiger partial charge in [-0.05, 0) is 48.0 Å². The maximum absolute atomic E-state index is 12.5. The number of carbonyl (C=O) groups is 1. The number of aliphatic hydroxyl groups excluding tert-OH is 3. The van der Waals surface area contributed by atoms with Crippen molar-refractivity contribution in [1.82, 2.24) is 0 Å². The van der Waals surface area contributed by atoms with E-state index in [0.29, 0.717) is 11.1 Å². The third-order valence-corrected chi connectivity index (χ3v) is 6.55. The number of ether oxygens (including phenoxy) is 3. The van der Waals surface area contributed by atoms with Gasteiger partial charge in [0.2, 0.25) is 6.29 Å². The molecule has 218 valence electrons. The van der Waals surface area contributed by atoms with Gasteiger partial charge in [0.1, 0.15) is 70.8 Å². The topological polar surface area (TPSA) is 196 Å². The fraction of sp³-hybridized carbons (Fsp3) is 0.200. The Bertz CT molecular complexity index is 1660. The molecule has 5 rings (SSSR count). The molecule has 0 bridgehead atoms. The summed E-state index contributed by atoms with van der Waals surface area (Å²) >= 11 is 0. The molecule has 12 nitrogen and oxygen atoms in total. The number of carbonyl (C=O) groups excluding carboxylic acids is 1. The molecule has 2 heterocycles. The Balaban J connectivity index is 1.24. The molecule has 5 atom stereocenters. The van der Waals surface area contributed by atoms with Gasteiger partial charge in [-0.15, -0.1) is 0 Å². The zero-order valence-electron chi connectivity index (χ0n) is 21.7. The highest BCUT2D eigenvalue weighted by atomic mass is 16.7. The van der Waals surface area contributed by atoms with Crippen molar-refractivity contribution in [2.45, 2.75) is 30.7 Å². The molecule has 0 saturated carbocycles. The normalized spacial score (nSPS) is 22.3. The van der Waals surface area contributed by atoms with E-state index in [0.717, 1.165) is 12.1 Å². The molecule has 3 aromatic carbocycles. The first-order valence-electron chi connectivity index (χ1n) is 12.7. The van der Waals surface area contributed by atoms with Crippen molar-refractivity contribution in [1.29, 1.82) is 0 Å². The van der Waals surface area contributed by atoms with E-state index >= 15 is 0 Å². The summed E-state index contributed by atoms with van der Waals surface area (Å²) in [5.74, 6) is -1.02. The van der Waals surface area contributed by atoms with Crippen LogP contribution in [0.5, 0.6) is 23.0 Å². The van der Waals surface area contributed by atoms with E-state index in [1.165, 1.54) is 42.5 Å². The van der Waals surface area contributed by atoms with Crippen LogP contribution in [-0.4, -0.2) is 73.9 Å². The summed E-state index contributed by atoms with van der Waals surface area (Å²) in [5, 5.41) is 60.0. The van der Waals surface area contributed by atoms with Crippen LogP contribution in [0.4, 0.5) is 0 Å². The first kappa shape index (κ1) is 28.6. The van der Waals surface area contributed by atoms with Crippen LogP contribution in [0.1, 0.15) is 5.56 Å². The second-order valence-corrected chi connectivity index (χ2v) is 9.52. The van der Waals surface area contributed by atoms with Crippen molar-refractivity contribution >= 4 is 23.0 Å². The number of fused-ring (bicyclic) bond motifs is 1. The van der Waals surface area contributed by atoms with E-state index < -0.39 is 54.5 Å². The minimum atomic E-state index is -1.67. The highest BCUT2D eigenvalue weighted by Crippen LogP contribution is 2.31. The Morgan fingerprint density at radius 3 is 2.29 bits per heavy atom. The third kappa shape index (κ3) is 6.21. The van der Waals surface area contributed by atoms with Crippen molar-refractivity contribution in [2.75, 3.05) is 6.61 Å². The van der Waals surface area contributed by atoms with E-state index in [1.54, 1.807) is 24.3 Å². The van der Waals surface area contributed by atoms with Gasteiger partial charge in [0.15, 0.2) is 5.43 Å². The van der Waals surface area contributed by atoms with Gasteiger partial charge in [-0.25, -0.2) is 4.79 Å². The molecule has 1 aromatic heterocycles. The Morgan fingerprint density at radius 1 is 0.857 bits per heavy atom. The Kier molecular flexibility index (Phi) is 8.13. The number of aliphatic hydroxyl groups is 3. The molecule has 4 aromatic rings. The van der Waals surface area contributed by atoms with E-state index in [4.69, 9.17) is 18.6 Å². The summed E-state index contributed by atoms with van der Waals surface area (Å²) < 4.78 is 22.1. The number of hydrogen-bond acceptors (Lipinski definition) is 12. The van der Waals surface area contributed by atoms with Crippen molar-refractivity contribution in [2.24, 2.45) is 0 Å². The average Bonchev–Trinajstić information content (AvgIpc) is 2.96. The Labute approximate surface area is 237 Å². The molecule has 6 N–H and O–H groups in total. The van der Waals surface area contributed by atoms with Crippen LogP contribution < -0.4 is 10.2 Å². The van der Waals surface area contributed by atoms with E-state index in [9.17, 15) is 40.2 Å². The number of hydrogen-bond donors (Lipinski definition) is 6. The zero-order chi connectivity index (χ0) is 30.0. The summed E-state index contributed by atoms with van der Waals surface area (Å²) in [6.07, 6.45) is -4.94. The van der Waals surface area contributed by atoms with Gasteiger partial charge in [0, 0.05) is 29.8 Å². The summed E-state index contributed by atoms with van der Waals surface area (Å²) in [7, 11) is 0. The highest BCUT2D eigenvalue weighted by molar-refractivity contribution is 5.87. The fourth-order valence-corrected chi connectivity index (χ4v) is 4.34. The molecule has 0 spiro atoms. The molecule has 1 aliphatic heterocycles. The molecule has 0 aliphatic carbocycles. The monoisotopic (exact) mass is 578 g/mol. The average molecular weight is 579 g/mol. The number of phenolic OH excluding ortho intramolecular Hbond substituents is 3. The minimum absolute atomic E-state index is 0.0100. The van der Waals surface area contributed by atoms with Gasteiger partial charge < -0.3 is 49.3 Å². The summed E-state index contributed by atoms with van der Waals surface area (Å²) in [6.45, 7) is -0.450. The van der Waals surface area contributed by atoms with Gasteiger partial charge in [-0.3, -0.25) is 4.79 Å². The number of rotatable bonds is 7. The fourth-order valence-electron chi connectivity index (χ4n) is 4.34. The number of aromatic hydroxyl groups is 3. The molecule has 1 fully saturated rings. The Hall–Kier alpha value is -4.88. The van der Waals surface area contributed by atoms with Crippen LogP contribution in [0.2, 0.25) is 0 Å². The van der Waals surface area contributed by atoms with E-state index in [-0.39, 0.29) is 34.0 Å². The summed E-state index contributed by atoms with van der Waals surface area (Å²) in [4.78, 5) is 24.6. The van der Waals surface area contributed by atoms with Crippen LogP contribution in [0.15, 0.2) is 82.0 Å². The third-order valence-electron chi connectivity index (χ3n) is 6.55. The molecule has 12 heteroatoms. The van der Waals surface area contributed by atoms with Crippen molar-refractivity contribution in [3.05, 3.63) is 88.6 Å². The van der Waals surface area contributed by atoms with Crippen LogP contribution >= 0.6 is 0 Å². The van der Waals surface area contributed by atoms with Gasteiger partial charge in [-0.1, -0.05) is 12.1 Å². The molecule has 1 saturated heterocycles. The quantitative estimate of drug-likeness (QED) is 0.138. The Morgan fingerprint density at radius 2 is 1.57 bits per heavy atom. The minimum Gasteiger partial charge on any atom is -0.508 e. The lowest BCUT2D eigenvalue weighted by Gasteiger charge is -2.39. The van der Waals surface area contributed by atoms with Crippen molar-refractivity contribution in [3.8, 4) is 34.3 Å². The van der Waals surface area contributed by atoms with Gasteiger partial charge in [0.25, 0.3) is 0 Å². The largest absolute Gasteiger partial charge is 0.508 e. The van der Waals surface area contributed by atoms with Crippen LogP contribution in [0, 0.1) is 0 Å². The number of esters is 1. The lowest BCUT2D eigenvalue weighted by Crippen LogP contribution is -2.60. The smallest absolute Gasteiger partial charge is 0.330 e. The van der Waals surface area contributed by atoms with E-state index in [1.807, 2.05) is 0 Å². The lowest BCUT2D eigenvalue weighted by molar-refractivity contribution is -0.278. The van der Waals surface area contributed by atoms with Crippen LogP contribution in [-0.2, 0) is 14.3 Å². The molecule has 0 unspecified atom stereocenters. The molecule has 0 radical (unpaired) electrons. The molecular formula is C30H26O12. The maximum Gasteiger partial charge on any atom is 0.330 e. The maximum atomic E-state index is 12.5. The van der Waals surface area contributed by atoms with Crippen molar-refractivity contribution < 1.29 is 54.1 Å². The van der Waals surface area contributed by atoms with E-state index in [2.05, 4.69) is 0 Å². The standard InChI is InChI=1S/C30H26O12/c31-17-6-1-15(2-7-17)3-10-25(35)39-14-24-27(36)28(37)29(38)30(42-24)40-19-8-4-16(5-9-19)22-13-21(34)26-20(33)11-18(32)12-23(26)41-22/h1-13,24,27-33,36-38H,14H2/b10-3+/t24-,27-,28+,29-,30-/m0/s1. The lowest BCUT2D eigenvalue weighted by atomic mass is 9.99. The zero-order valence-corrected chi connectivity index (χ0v) is 21.7. The van der Waals surface area contributed by atoms with Crippen LogP contribution in [0.3, 0.4) is 0 Å². The first-order chi connectivity index (χ1) is 20.1. The predicted octanol–water partition coefficient (Wildman–Crippen LogP) is 2.02. The van der Waals surface area contributed by atoms with Gasteiger partial charge in [-0.2, -0.15) is 0 Å². The van der Waals surface area contributed by atoms with Crippen LogP contribution in [0.25, 0.3) is 28.4 Å². The molecular weight excluding hydrogens is 552 g/mol. The van der Waals surface area contributed by atoms with Crippen molar-refractivity contribution in [3.63, 3.8) is 0 Å². The molecule has 1 aliphatic rings. The summed E-state index contributed by atoms with van der Waals surface area (Å²) in [5.41, 5.74) is 0.565. The SMILES string of the molecule is O=C(/C=C/c1ccc(O)cc1)OC[C@@H]1O[C@H](Oc2ccc(-c3cc(=O)c4c(O)cc(O)cc4o3)cc2)[C@@H](O)[C@H](O)[C@H]1O. The first-order valence-corrected chi connectivity index (χ1v) is 12.7. The second-order valence-electron chi connectivity index (χ2n) is 9.52. The molecule has 42 heavy (non-hydrogen) atoms.